The van der Waals surface area contributed by atoms with Gasteiger partial charge in [0, 0.05) is 25.3 Å². The van der Waals surface area contributed by atoms with Gasteiger partial charge < -0.3 is 24.7 Å². The van der Waals surface area contributed by atoms with Crippen LogP contribution in [0.2, 0.25) is 0 Å². The number of anilines is 1. The lowest BCUT2D eigenvalue weighted by atomic mass is 10.1. The zero-order valence-electron chi connectivity index (χ0n) is 15.3. The molecule has 3 rings (SSSR count). The first-order chi connectivity index (χ1) is 13.3. The lowest BCUT2D eigenvalue weighted by Crippen LogP contribution is -2.38. The van der Waals surface area contributed by atoms with E-state index in [0.29, 0.717) is 24.5 Å². The largest absolute Gasteiger partial charge is 0.573 e. The first-order valence-corrected chi connectivity index (χ1v) is 8.81. The number of aryl methyl sites for hydroxylation is 1. The summed E-state index contributed by atoms with van der Waals surface area (Å²) in [5, 5.41) is 5.56. The van der Waals surface area contributed by atoms with Crippen molar-refractivity contribution in [3.8, 4) is 5.75 Å². The molecule has 1 saturated heterocycles. The maximum absolute atomic E-state index is 12.2. The number of hydrogen-bond donors (Lipinski definition) is 2. The fourth-order valence-electron chi connectivity index (χ4n) is 3.05. The molecule has 0 radical (unpaired) electrons. The molecule has 1 aliphatic rings. The van der Waals surface area contributed by atoms with Crippen LogP contribution in [0, 0.1) is 12.8 Å². The summed E-state index contributed by atoms with van der Waals surface area (Å²) in [6.45, 7) is 4.05. The molecule has 1 aromatic carbocycles. The van der Waals surface area contributed by atoms with E-state index < -0.39 is 6.36 Å². The van der Waals surface area contributed by atoms with Gasteiger partial charge in [-0.25, -0.2) is 9.78 Å². The molecule has 2 amide bonds. The highest BCUT2D eigenvalue weighted by Gasteiger charge is 2.31. The molecule has 7 nitrogen and oxygen atoms in total. The molecule has 2 aromatic rings. The molecule has 0 bridgehead atoms. The Bertz CT molecular complexity index is 792. The highest BCUT2D eigenvalue weighted by molar-refractivity contribution is 5.73. The number of rotatable bonds is 6. The van der Waals surface area contributed by atoms with Gasteiger partial charge in [0.1, 0.15) is 17.2 Å². The minimum Gasteiger partial charge on any atom is -0.448 e. The van der Waals surface area contributed by atoms with E-state index in [-0.39, 0.29) is 24.2 Å². The molecular weight excluding hydrogens is 377 g/mol. The molecule has 1 aliphatic heterocycles. The lowest BCUT2D eigenvalue weighted by molar-refractivity contribution is -0.274. The normalized spacial score (nSPS) is 16.9. The minimum absolute atomic E-state index is 0.243. The Balaban J connectivity index is 1.41. The summed E-state index contributed by atoms with van der Waals surface area (Å²) in [4.78, 5) is 18.0. The number of hydrogen-bond acceptors (Lipinski definition) is 5. The van der Waals surface area contributed by atoms with E-state index in [1.165, 1.54) is 18.5 Å². The van der Waals surface area contributed by atoms with Crippen molar-refractivity contribution in [2.24, 2.45) is 5.92 Å². The fourth-order valence-corrected chi connectivity index (χ4v) is 3.05. The van der Waals surface area contributed by atoms with Crippen LogP contribution in [0.5, 0.6) is 5.75 Å². The third kappa shape index (κ3) is 5.54. The Morgan fingerprint density at radius 1 is 1.32 bits per heavy atom. The predicted molar refractivity (Wildman–Crippen MR) is 94.9 cm³/mol. The van der Waals surface area contributed by atoms with E-state index in [1.807, 2.05) is 0 Å². The molecule has 0 aliphatic carbocycles. The monoisotopic (exact) mass is 398 g/mol. The minimum atomic E-state index is -4.70. The van der Waals surface area contributed by atoms with E-state index >= 15 is 0 Å². The molecule has 0 spiro atoms. The Morgan fingerprint density at radius 2 is 2.07 bits per heavy atom. The number of aromatic nitrogens is 1. The summed E-state index contributed by atoms with van der Waals surface area (Å²) in [5.74, 6) is 0.678. The van der Waals surface area contributed by atoms with E-state index in [1.54, 1.807) is 19.1 Å². The van der Waals surface area contributed by atoms with E-state index in [9.17, 15) is 18.0 Å². The van der Waals surface area contributed by atoms with Gasteiger partial charge in [0.2, 0.25) is 0 Å². The average molecular weight is 398 g/mol. The lowest BCUT2D eigenvalue weighted by Gasteiger charge is -2.19. The quantitative estimate of drug-likeness (QED) is 0.781. The van der Waals surface area contributed by atoms with Gasteiger partial charge in [-0.2, -0.15) is 0 Å². The average Bonchev–Trinajstić information content (AvgIpc) is 3.26. The summed E-state index contributed by atoms with van der Waals surface area (Å²) in [7, 11) is 0. The highest BCUT2D eigenvalue weighted by Crippen LogP contribution is 2.28. The Hall–Kier alpha value is -2.91. The Morgan fingerprint density at radius 3 is 2.71 bits per heavy atom. The number of benzene rings is 1. The van der Waals surface area contributed by atoms with Crippen LogP contribution in [-0.2, 0) is 6.54 Å². The molecule has 10 heteroatoms. The summed E-state index contributed by atoms with van der Waals surface area (Å²) < 4.78 is 45.6. The van der Waals surface area contributed by atoms with Crippen molar-refractivity contribution in [2.75, 3.05) is 24.5 Å². The number of halogens is 3. The van der Waals surface area contributed by atoms with Crippen LogP contribution in [-0.4, -0.2) is 37.0 Å². The maximum atomic E-state index is 12.2. The topological polar surface area (TPSA) is 79.6 Å². The molecule has 152 valence electrons. The van der Waals surface area contributed by atoms with Gasteiger partial charge >= 0.3 is 12.4 Å². The summed E-state index contributed by atoms with van der Waals surface area (Å²) in [5.41, 5.74) is 1.50. The van der Waals surface area contributed by atoms with Gasteiger partial charge in [-0.3, -0.25) is 0 Å². The SMILES string of the molecule is Cc1ocnc1CNC(=O)NC[C@H]1CCN(c2ccc(OC(F)(F)F)cc2)C1. The number of urea groups is 1. The zero-order valence-corrected chi connectivity index (χ0v) is 15.3. The number of carbonyl (C=O) groups excluding carboxylic acids is 1. The molecule has 1 aromatic heterocycles. The second-order valence-electron chi connectivity index (χ2n) is 6.56. The fraction of sp³-hybridized carbons (Fsp3) is 0.444. The Kier molecular flexibility index (Phi) is 5.96. The number of oxazole rings is 1. The van der Waals surface area contributed by atoms with Crippen LogP contribution in [0.15, 0.2) is 35.1 Å². The molecule has 1 atom stereocenters. The predicted octanol–water partition coefficient (Wildman–Crippen LogP) is 3.21. The number of nitrogens with one attached hydrogen (secondary N) is 2. The smallest absolute Gasteiger partial charge is 0.448 e. The summed E-state index contributed by atoms with van der Waals surface area (Å²) in [6, 6.07) is 5.52. The van der Waals surface area contributed by atoms with Crippen LogP contribution >= 0.6 is 0 Å². The second-order valence-corrected chi connectivity index (χ2v) is 6.56. The van der Waals surface area contributed by atoms with E-state index in [0.717, 1.165) is 18.7 Å². The second kappa shape index (κ2) is 8.41. The number of nitrogens with zero attached hydrogens (tertiary/aromatic N) is 2. The van der Waals surface area contributed by atoms with Gasteiger partial charge in [0.15, 0.2) is 6.39 Å². The molecule has 0 unspecified atom stereocenters. The number of amides is 2. The summed E-state index contributed by atoms with van der Waals surface area (Å²) in [6.07, 6.45) is -2.48. The van der Waals surface area contributed by atoms with Crippen molar-refractivity contribution >= 4 is 11.7 Å². The van der Waals surface area contributed by atoms with Crippen molar-refractivity contribution < 1.29 is 27.1 Å². The van der Waals surface area contributed by atoms with Crippen molar-refractivity contribution in [3.05, 3.63) is 42.1 Å². The van der Waals surface area contributed by atoms with Gasteiger partial charge in [-0.1, -0.05) is 0 Å². The van der Waals surface area contributed by atoms with Crippen LogP contribution in [0.25, 0.3) is 0 Å². The van der Waals surface area contributed by atoms with Gasteiger partial charge in [0.25, 0.3) is 0 Å². The first-order valence-electron chi connectivity index (χ1n) is 8.81. The van der Waals surface area contributed by atoms with Crippen LogP contribution < -0.4 is 20.3 Å². The first kappa shape index (κ1) is 19.8. The number of alkyl halides is 3. The van der Waals surface area contributed by atoms with Crippen LogP contribution in [0.1, 0.15) is 17.9 Å². The molecule has 2 N–H and O–H groups in total. The molecule has 2 heterocycles. The molecule has 28 heavy (non-hydrogen) atoms. The Labute approximate surface area is 159 Å². The van der Waals surface area contributed by atoms with Crippen molar-refractivity contribution in [1.82, 2.24) is 15.6 Å². The highest BCUT2D eigenvalue weighted by atomic mass is 19.4. The van der Waals surface area contributed by atoms with Crippen molar-refractivity contribution in [2.45, 2.75) is 26.3 Å². The van der Waals surface area contributed by atoms with Crippen LogP contribution in [0.4, 0.5) is 23.7 Å². The maximum Gasteiger partial charge on any atom is 0.573 e. The number of ether oxygens (including phenoxy) is 1. The van der Waals surface area contributed by atoms with E-state index in [2.05, 4.69) is 25.3 Å². The standard InChI is InChI=1S/C18H21F3N4O3/c1-12-16(24-11-27-12)9-23-17(26)22-8-13-6-7-25(10-13)14-2-4-15(5-3-14)28-18(19,20)21/h2-5,11,13H,6-10H2,1H3,(H2,22,23,26)/t13-/m1/s1. The molecular formula is C18H21F3N4O3. The molecule has 0 saturated carbocycles. The van der Waals surface area contributed by atoms with Crippen molar-refractivity contribution in [3.63, 3.8) is 0 Å². The van der Waals surface area contributed by atoms with E-state index in [4.69, 9.17) is 4.42 Å². The summed E-state index contributed by atoms with van der Waals surface area (Å²) >= 11 is 0. The third-order valence-electron chi connectivity index (χ3n) is 4.53. The van der Waals surface area contributed by atoms with Crippen LogP contribution in [0.3, 0.4) is 0 Å². The number of carbonyl (C=O) groups is 1. The van der Waals surface area contributed by atoms with Gasteiger partial charge in [0.05, 0.1) is 6.54 Å². The van der Waals surface area contributed by atoms with Gasteiger partial charge in [-0.15, -0.1) is 13.2 Å². The van der Waals surface area contributed by atoms with Gasteiger partial charge in [-0.05, 0) is 43.5 Å². The third-order valence-corrected chi connectivity index (χ3v) is 4.53. The van der Waals surface area contributed by atoms with Crippen molar-refractivity contribution in [1.29, 1.82) is 0 Å². The zero-order chi connectivity index (χ0) is 20.1. The molecule has 1 fully saturated rings.